The van der Waals surface area contributed by atoms with E-state index in [0.717, 1.165) is 43.1 Å². The third-order valence-corrected chi connectivity index (χ3v) is 5.12. The molecule has 0 radical (unpaired) electrons. The first kappa shape index (κ1) is 19.7. The number of likely N-dealkylation sites (tertiary alicyclic amines) is 1. The Hall–Kier alpha value is -2.57. The molecule has 1 unspecified atom stereocenters. The number of ether oxygens (including phenoxy) is 2. The van der Waals surface area contributed by atoms with Crippen molar-refractivity contribution >= 4 is 22.9 Å². The maximum Gasteiger partial charge on any atom is 0.410 e. The molecule has 0 spiro atoms. The Labute approximate surface area is 171 Å². The Morgan fingerprint density at radius 2 is 1.86 bits per heavy atom. The highest BCUT2D eigenvalue weighted by atomic mass is 16.6. The number of para-hydroxylation sites is 2. The number of anilines is 1. The molecule has 2 fully saturated rings. The lowest BCUT2D eigenvalue weighted by atomic mass is 10.0. The van der Waals surface area contributed by atoms with Crippen LogP contribution in [0.2, 0.25) is 0 Å². The Morgan fingerprint density at radius 3 is 2.55 bits per heavy atom. The summed E-state index contributed by atoms with van der Waals surface area (Å²) >= 11 is 0. The summed E-state index contributed by atoms with van der Waals surface area (Å²) in [6.45, 7) is 6.74. The molecule has 29 heavy (non-hydrogen) atoms. The van der Waals surface area contributed by atoms with E-state index in [1.54, 1.807) is 4.90 Å². The van der Waals surface area contributed by atoms with Crippen LogP contribution in [-0.2, 0) is 4.74 Å². The monoisotopic (exact) mass is 398 g/mol. The first-order chi connectivity index (χ1) is 13.9. The number of hydrogen-bond donors (Lipinski definition) is 1. The van der Waals surface area contributed by atoms with E-state index in [-0.39, 0.29) is 12.1 Å². The summed E-state index contributed by atoms with van der Waals surface area (Å²) in [5.41, 5.74) is 1.14. The number of aromatic nitrogens is 2. The molecule has 1 aliphatic heterocycles. The quantitative estimate of drug-likeness (QED) is 0.806. The molecular weight excluding hydrogens is 368 g/mol. The van der Waals surface area contributed by atoms with Crippen molar-refractivity contribution in [1.29, 1.82) is 0 Å². The Balaban J connectivity index is 1.50. The van der Waals surface area contributed by atoms with Crippen LogP contribution in [0.1, 0.15) is 52.9 Å². The number of carbonyl (C=O) groups excluding carboxylic acids is 1. The second-order valence-corrected chi connectivity index (χ2v) is 8.92. The minimum atomic E-state index is -0.509. The highest BCUT2D eigenvalue weighted by Gasteiger charge is 2.31. The van der Waals surface area contributed by atoms with E-state index < -0.39 is 5.60 Å². The zero-order chi connectivity index (χ0) is 20.4. The molecule has 1 aliphatic carbocycles. The van der Waals surface area contributed by atoms with Gasteiger partial charge in [0.05, 0.1) is 17.1 Å². The molecule has 1 aromatic heterocycles. The molecule has 7 heteroatoms. The number of benzene rings is 1. The van der Waals surface area contributed by atoms with Gasteiger partial charge >= 0.3 is 6.09 Å². The normalized spacial score (nSPS) is 19.8. The topological polar surface area (TPSA) is 76.6 Å². The molecule has 1 amide bonds. The molecule has 2 aromatic rings. The van der Waals surface area contributed by atoms with Crippen molar-refractivity contribution in [2.45, 2.75) is 70.6 Å². The zero-order valence-corrected chi connectivity index (χ0v) is 17.5. The second-order valence-electron chi connectivity index (χ2n) is 8.92. The van der Waals surface area contributed by atoms with Gasteiger partial charge in [0.2, 0.25) is 0 Å². The summed E-state index contributed by atoms with van der Waals surface area (Å²) in [5, 5.41) is 3.43. The van der Waals surface area contributed by atoms with Crippen LogP contribution in [0.4, 0.5) is 10.6 Å². The number of piperidine rings is 1. The van der Waals surface area contributed by atoms with Gasteiger partial charge in [0.1, 0.15) is 12.2 Å². The third-order valence-electron chi connectivity index (χ3n) is 5.12. The number of carbonyl (C=O) groups is 1. The van der Waals surface area contributed by atoms with Gasteiger partial charge in [0.15, 0.2) is 5.82 Å². The predicted molar refractivity (Wildman–Crippen MR) is 112 cm³/mol. The van der Waals surface area contributed by atoms with Crippen LogP contribution in [0.15, 0.2) is 24.3 Å². The Kier molecular flexibility index (Phi) is 5.48. The number of hydrogen-bond acceptors (Lipinski definition) is 6. The highest BCUT2D eigenvalue weighted by Crippen LogP contribution is 2.30. The fraction of sp³-hybridized carbons (Fsp3) is 0.591. The Morgan fingerprint density at radius 1 is 1.14 bits per heavy atom. The van der Waals surface area contributed by atoms with Crippen LogP contribution in [-0.4, -0.2) is 51.8 Å². The van der Waals surface area contributed by atoms with E-state index in [9.17, 15) is 4.79 Å². The van der Waals surface area contributed by atoms with Gasteiger partial charge in [-0.3, -0.25) is 0 Å². The summed E-state index contributed by atoms with van der Waals surface area (Å²) in [5.74, 6) is 1.19. The average molecular weight is 399 g/mol. The van der Waals surface area contributed by atoms with Crippen molar-refractivity contribution < 1.29 is 14.3 Å². The lowest BCUT2D eigenvalue weighted by Crippen LogP contribution is -2.48. The van der Waals surface area contributed by atoms with E-state index >= 15 is 0 Å². The summed E-state index contributed by atoms with van der Waals surface area (Å²) in [4.78, 5) is 23.8. The van der Waals surface area contributed by atoms with Crippen LogP contribution in [0.25, 0.3) is 11.0 Å². The van der Waals surface area contributed by atoms with Crippen LogP contribution < -0.4 is 10.1 Å². The maximum absolute atomic E-state index is 12.6. The summed E-state index contributed by atoms with van der Waals surface area (Å²) in [7, 11) is 0. The fourth-order valence-electron chi connectivity index (χ4n) is 3.51. The first-order valence-electron chi connectivity index (χ1n) is 10.5. The summed E-state index contributed by atoms with van der Waals surface area (Å²) in [6.07, 6.45) is 4.97. The number of nitrogens with zero attached hydrogens (tertiary/aromatic N) is 3. The largest absolute Gasteiger partial charge is 0.473 e. The molecule has 1 saturated heterocycles. The predicted octanol–water partition coefficient (Wildman–Crippen LogP) is 4.37. The van der Waals surface area contributed by atoms with Gasteiger partial charge in [-0.25, -0.2) is 14.8 Å². The number of fused-ring (bicyclic) bond motifs is 1. The van der Waals surface area contributed by atoms with E-state index in [1.165, 1.54) is 0 Å². The average Bonchev–Trinajstić information content (AvgIpc) is 3.49. The zero-order valence-electron chi connectivity index (χ0n) is 17.5. The molecule has 7 nitrogen and oxygen atoms in total. The molecular formula is C22H30N4O3. The lowest BCUT2D eigenvalue weighted by Gasteiger charge is -2.36. The molecule has 2 heterocycles. The van der Waals surface area contributed by atoms with Crippen LogP contribution >= 0.6 is 0 Å². The molecule has 1 N–H and O–H groups in total. The first-order valence-corrected chi connectivity index (χ1v) is 10.5. The van der Waals surface area contributed by atoms with Crippen LogP contribution in [0, 0.1) is 0 Å². The lowest BCUT2D eigenvalue weighted by molar-refractivity contribution is 0.00340. The molecule has 4 rings (SSSR count). The SMILES string of the molecule is CC(C)(C)OC(=O)N1CCCCC1COc1nc2ccccc2nc1NC1CC1. The van der Waals surface area contributed by atoms with Crippen molar-refractivity contribution in [2.24, 2.45) is 0 Å². The van der Waals surface area contributed by atoms with E-state index in [0.29, 0.717) is 30.9 Å². The van der Waals surface area contributed by atoms with Crippen molar-refractivity contribution in [1.82, 2.24) is 14.9 Å². The standard InChI is InChI=1S/C22H30N4O3/c1-22(2,3)29-21(27)26-13-7-6-8-16(26)14-28-20-19(23-15-11-12-15)24-17-9-4-5-10-18(17)25-20/h4-5,9-10,15-16H,6-8,11-14H2,1-3H3,(H,23,24). The van der Waals surface area contributed by atoms with Crippen molar-refractivity contribution in [2.75, 3.05) is 18.5 Å². The van der Waals surface area contributed by atoms with E-state index in [1.807, 2.05) is 45.0 Å². The van der Waals surface area contributed by atoms with Crippen LogP contribution in [0.3, 0.4) is 0 Å². The molecule has 0 bridgehead atoms. The summed E-state index contributed by atoms with van der Waals surface area (Å²) < 4.78 is 11.7. The van der Waals surface area contributed by atoms with E-state index in [2.05, 4.69) is 10.3 Å². The smallest absolute Gasteiger partial charge is 0.410 e. The number of rotatable bonds is 5. The number of nitrogens with one attached hydrogen (secondary N) is 1. The molecule has 1 atom stereocenters. The highest BCUT2D eigenvalue weighted by molar-refractivity contribution is 5.77. The molecule has 1 saturated carbocycles. The second kappa shape index (κ2) is 8.05. The van der Waals surface area contributed by atoms with Gasteiger partial charge in [-0.15, -0.1) is 0 Å². The fourth-order valence-corrected chi connectivity index (χ4v) is 3.51. The molecule has 1 aromatic carbocycles. The van der Waals surface area contributed by atoms with Crippen molar-refractivity contribution in [3.63, 3.8) is 0 Å². The van der Waals surface area contributed by atoms with Crippen LogP contribution in [0.5, 0.6) is 5.88 Å². The Bertz CT molecular complexity index is 876. The van der Waals surface area contributed by atoms with E-state index in [4.69, 9.17) is 14.5 Å². The van der Waals surface area contributed by atoms with Gasteiger partial charge in [-0.2, -0.15) is 0 Å². The van der Waals surface area contributed by atoms with Crippen molar-refractivity contribution in [3.8, 4) is 5.88 Å². The van der Waals surface area contributed by atoms with Gasteiger partial charge in [-0.1, -0.05) is 12.1 Å². The minimum absolute atomic E-state index is 0.0272. The number of amides is 1. The summed E-state index contributed by atoms with van der Waals surface area (Å²) in [6, 6.07) is 8.21. The van der Waals surface area contributed by atoms with Gasteiger partial charge in [0.25, 0.3) is 5.88 Å². The third kappa shape index (κ3) is 5.08. The van der Waals surface area contributed by atoms with Crippen molar-refractivity contribution in [3.05, 3.63) is 24.3 Å². The molecule has 156 valence electrons. The van der Waals surface area contributed by atoms with Gasteiger partial charge in [0, 0.05) is 12.6 Å². The maximum atomic E-state index is 12.6. The van der Waals surface area contributed by atoms with Gasteiger partial charge < -0.3 is 19.7 Å². The minimum Gasteiger partial charge on any atom is -0.473 e. The van der Waals surface area contributed by atoms with Gasteiger partial charge in [-0.05, 0) is 65.0 Å². The molecule has 2 aliphatic rings.